The average Bonchev–Trinajstić information content (AvgIpc) is 2.29. The largest absolute Gasteiger partial charge is 0.510 e. The number of hydrogen-bond acceptors (Lipinski definition) is 4. The van der Waals surface area contributed by atoms with Crippen LogP contribution in [0.2, 0.25) is 0 Å². The maximum atomic E-state index is 11.1. The van der Waals surface area contributed by atoms with Gasteiger partial charge in [-0.1, -0.05) is 19.1 Å². The van der Waals surface area contributed by atoms with Gasteiger partial charge in [-0.3, -0.25) is 4.79 Å². The molecule has 1 aromatic carbocycles. The molecule has 90 valence electrons. The summed E-state index contributed by atoms with van der Waals surface area (Å²) in [6, 6.07) is 7.56. The Labute approximate surface area is 101 Å². The molecule has 4 heteroatoms. The molecule has 1 N–H and O–H groups in total. The summed E-state index contributed by atoms with van der Waals surface area (Å²) in [5, 5.41) is 16.9. The maximum absolute atomic E-state index is 11.1. The Bertz CT molecular complexity index is 455. The van der Waals surface area contributed by atoms with E-state index in [4.69, 9.17) is 0 Å². The van der Waals surface area contributed by atoms with Gasteiger partial charge in [-0.15, -0.1) is 5.11 Å². The summed E-state index contributed by atoms with van der Waals surface area (Å²) in [5.74, 6) is -0.426. The van der Waals surface area contributed by atoms with E-state index in [-0.39, 0.29) is 17.2 Å². The van der Waals surface area contributed by atoms with Crippen LogP contribution in [-0.2, 0) is 11.2 Å². The van der Waals surface area contributed by atoms with Crippen LogP contribution in [0.3, 0.4) is 0 Å². The summed E-state index contributed by atoms with van der Waals surface area (Å²) >= 11 is 0. The van der Waals surface area contributed by atoms with Crippen molar-refractivity contribution in [2.45, 2.75) is 27.2 Å². The lowest BCUT2D eigenvalue weighted by Gasteiger charge is -1.98. The van der Waals surface area contributed by atoms with Crippen molar-refractivity contribution in [2.75, 3.05) is 0 Å². The van der Waals surface area contributed by atoms with Crippen LogP contribution >= 0.6 is 0 Å². The highest BCUT2D eigenvalue weighted by molar-refractivity contribution is 5.93. The minimum absolute atomic E-state index is 0.00966. The van der Waals surface area contributed by atoms with Crippen LogP contribution in [0.25, 0.3) is 0 Å². The monoisotopic (exact) mass is 232 g/mol. The van der Waals surface area contributed by atoms with Gasteiger partial charge in [0.2, 0.25) is 0 Å². The molecule has 0 unspecified atom stereocenters. The number of hydrogen-bond donors (Lipinski definition) is 1. The Morgan fingerprint density at radius 3 is 2.24 bits per heavy atom. The van der Waals surface area contributed by atoms with Gasteiger partial charge in [0, 0.05) is 6.92 Å². The van der Waals surface area contributed by atoms with Crippen LogP contribution in [0.15, 0.2) is 46.0 Å². The Kier molecular flexibility index (Phi) is 4.57. The van der Waals surface area contributed by atoms with E-state index in [9.17, 15) is 9.90 Å². The molecule has 1 aromatic rings. The fraction of sp³-hybridized carbons (Fsp3) is 0.308. The quantitative estimate of drug-likeness (QED) is 0.488. The summed E-state index contributed by atoms with van der Waals surface area (Å²) in [7, 11) is 0. The molecule has 17 heavy (non-hydrogen) atoms. The number of nitrogens with zero attached hydrogens (tertiary/aromatic N) is 2. The number of allylic oxidation sites excluding steroid dienone is 2. The van der Waals surface area contributed by atoms with E-state index in [2.05, 4.69) is 17.2 Å². The zero-order chi connectivity index (χ0) is 12.8. The predicted molar refractivity (Wildman–Crippen MR) is 66.3 cm³/mol. The van der Waals surface area contributed by atoms with Gasteiger partial charge < -0.3 is 5.11 Å². The van der Waals surface area contributed by atoms with E-state index >= 15 is 0 Å². The summed E-state index contributed by atoms with van der Waals surface area (Å²) in [4.78, 5) is 11.1. The average molecular weight is 232 g/mol. The fourth-order valence-electron chi connectivity index (χ4n) is 1.30. The van der Waals surface area contributed by atoms with Gasteiger partial charge in [-0.25, -0.2) is 0 Å². The molecule has 0 bridgehead atoms. The van der Waals surface area contributed by atoms with Crippen molar-refractivity contribution >= 4 is 11.5 Å². The van der Waals surface area contributed by atoms with E-state index in [1.54, 1.807) is 0 Å². The molecule has 0 spiro atoms. The zero-order valence-electron chi connectivity index (χ0n) is 10.3. The Morgan fingerprint density at radius 2 is 1.82 bits per heavy atom. The lowest BCUT2D eigenvalue weighted by atomic mass is 10.2. The molecular formula is C13H16N2O2. The van der Waals surface area contributed by atoms with Crippen molar-refractivity contribution < 1.29 is 9.90 Å². The van der Waals surface area contributed by atoms with E-state index < -0.39 is 0 Å². The molecule has 0 radical (unpaired) electrons. The first-order valence-electron chi connectivity index (χ1n) is 5.46. The number of carbonyl (C=O) groups is 1. The highest BCUT2D eigenvalue weighted by atomic mass is 16.3. The van der Waals surface area contributed by atoms with Crippen molar-refractivity contribution in [1.29, 1.82) is 0 Å². The van der Waals surface area contributed by atoms with Crippen molar-refractivity contribution in [3.8, 4) is 0 Å². The molecule has 0 aromatic heterocycles. The molecule has 0 saturated heterocycles. The molecule has 0 heterocycles. The minimum Gasteiger partial charge on any atom is -0.510 e. The molecule has 0 fully saturated rings. The van der Waals surface area contributed by atoms with Crippen molar-refractivity contribution in [3.63, 3.8) is 0 Å². The Hall–Kier alpha value is -1.97. The lowest BCUT2D eigenvalue weighted by Crippen LogP contribution is -1.96. The van der Waals surface area contributed by atoms with Crippen molar-refractivity contribution in [2.24, 2.45) is 10.2 Å². The number of benzene rings is 1. The Morgan fingerprint density at radius 1 is 1.24 bits per heavy atom. The van der Waals surface area contributed by atoms with E-state index in [1.165, 1.54) is 19.4 Å². The lowest BCUT2D eigenvalue weighted by molar-refractivity contribution is -0.113. The van der Waals surface area contributed by atoms with Crippen LogP contribution in [-0.4, -0.2) is 10.9 Å². The number of ketones is 1. The van der Waals surface area contributed by atoms with Crippen molar-refractivity contribution in [3.05, 3.63) is 41.3 Å². The van der Waals surface area contributed by atoms with Gasteiger partial charge in [-0.05, 0) is 31.0 Å². The van der Waals surface area contributed by atoms with Gasteiger partial charge in [0.25, 0.3) is 0 Å². The van der Waals surface area contributed by atoms with Gasteiger partial charge in [0.1, 0.15) is 5.76 Å². The molecule has 0 aliphatic heterocycles. The number of azo groups is 1. The minimum atomic E-state index is -0.307. The predicted octanol–water partition coefficient (Wildman–Crippen LogP) is 3.71. The van der Waals surface area contributed by atoms with E-state index in [0.29, 0.717) is 5.69 Å². The topological polar surface area (TPSA) is 62.0 Å². The van der Waals surface area contributed by atoms with Crippen molar-refractivity contribution in [1.82, 2.24) is 0 Å². The van der Waals surface area contributed by atoms with E-state index in [1.807, 2.05) is 24.3 Å². The van der Waals surface area contributed by atoms with Gasteiger partial charge in [-0.2, -0.15) is 5.11 Å². The molecule has 0 aliphatic carbocycles. The van der Waals surface area contributed by atoms with Crippen LogP contribution in [0.1, 0.15) is 26.3 Å². The van der Waals surface area contributed by atoms with E-state index in [0.717, 1.165) is 6.42 Å². The summed E-state index contributed by atoms with van der Waals surface area (Å²) in [6.07, 6.45) is 0.964. The molecule has 0 aliphatic rings. The molecule has 4 nitrogen and oxygen atoms in total. The second kappa shape index (κ2) is 5.94. The number of aliphatic hydroxyl groups excluding tert-OH is 1. The number of aliphatic hydroxyl groups is 1. The standard InChI is InChI=1S/C13H16N2O2/c1-4-11-5-7-12(8-6-11)14-15-13(9(2)16)10(3)17/h5-8,16H,4H2,1-3H3/b13-9-,15-14?. The number of carbonyl (C=O) groups excluding carboxylic acids is 1. The first-order chi connectivity index (χ1) is 8.04. The van der Waals surface area contributed by atoms with Crippen LogP contribution in [0, 0.1) is 0 Å². The second-order valence-corrected chi connectivity index (χ2v) is 3.71. The molecule has 0 saturated carbocycles. The number of rotatable bonds is 4. The Balaban J connectivity index is 2.89. The summed E-state index contributed by atoms with van der Waals surface area (Å²) in [6.45, 7) is 4.83. The van der Waals surface area contributed by atoms with Gasteiger partial charge in [0.15, 0.2) is 11.5 Å². The normalized spacial score (nSPS) is 12.6. The van der Waals surface area contributed by atoms with Crippen LogP contribution < -0.4 is 0 Å². The SMILES string of the molecule is CCc1ccc(N=N/C(C(C)=O)=C(/C)O)cc1. The maximum Gasteiger partial charge on any atom is 0.183 e. The smallest absolute Gasteiger partial charge is 0.183 e. The fourth-order valence-corrected chi connectivity index (χ4v) is 1.30. The summed E-state index contributed by atoms with van der Waals surface area (Å²) < 4.78 is 0. The highest BCUT2D eigenvalue weighted by Crippen LogP contribution is 2.16. The second-order valence-electron chi connectivity index (χ2n) is 3.71. The molecule has 1 rings (SSSR count). The summed E-state index contributed by atoms with van der Waals surface area (Å²) in [5.41, 5.74) is 1.86. The molecule has 0 atom stereocenters. The third kappa shape index (κ3) is 3.83. The highest BCUT2D eigenvalue weighted by Gasteiger charge is 2.06. The zero-order valence-corrected chi connectivity index (χ0v) is 10.3. The van der Waals surface area contributed by atoms with Crippen LogP contribution in [0.5, 0.6) is 0 Å². The number of aryl methyl sites for hydroxylation is 1. The number of Topliss-reactive ketones (excluding diaryl/α,β-unsaturated/α-hetero) is 1. The first kappa shape index (κ1) is 13.1. The third-order valence-electron chi connectivity index (χ3n) is 2.29. The van der Waals surface area contributed by atoms with Crippen LogP contribution in [0.4, 0.5) is 5.69 Å². The molecule has 0 amide bonds. The first-order valence-corrected chi connectivity index (χ1v) is 5.46. The molecular weight excluding hydrogens is 216 g/mol. The van der Waals surface area contributed by atoms with Gasteiger partial charge >= 0.3 is 0 Å². The third-order valence-corrected chi connectivity index (χ3v) is 2.29. The van der Waals surface area contributed by atoms with Gasteiger partial charge in [0.05, 0.1) is 5.69 Å².